The highest BCUT2D eigenvalue weighted by Crippen LogP contribution is 2.12. The monoisotopic (exact) mass is 147 g/mol. The predicted octanol–water partition coefficient (Wildman–Crippen LogP) is 0.824. The quantitative estimate of drug-likeness (QED) is 0.581. The van der Waals surface area contributed by atoms with E-state index in [1.807, 2.05) is 6.92 Å². The van der Waals surface area contributed by atoms with E-state index in [4.69, 9.17) is 5.73 Å². The standard InChI is InChI=1S/C6H13NOS/c1-3-6(2,8)4-5(7)9/h8H,3-4H2,1-2H3,(H2,7,9). The predicted molar refractivity (Wildman–Crippen MR) is 42.3 cm³/mol. The van der Waals surface area contributed by atoms with Crippen LogP contribution in [0.1, 0.15) is 26.7 Å². The Kier molecular flexibility index (Phi) is 3.08. The van der Waals surface area contributed by atoms with Gasteiger partial charge >= 0.3 is 0 Å². The molecule has 0 spiro atoms. The molecule has 0 heterocycles. The van der Waals surface area contributed by atoms with Crippen LogP contribution in [0.2, 0.25) is 0 Å². The van der Waals surface area contributed by atoms with Crippen molar-refractivity contribution in [3.8, 4) is 0 Å². The van der Waals surface area contributed by atoms with Gasteiger partial charge in [0.1, 0.15) is 0 Å². The Labute approximate surface area is 61.1 Å². The Morgan fingerprint density at radius 2 is 2.22 bits per heavy atom. The first-order chi connectivity index (χ1) is 3.98. The van der Waals surface area contributed by atoms with Gasteiger partial charge in [-0.15, -0.1) is 0 Å². The van der Waals surface area contributed by atoms with Gasteiger partial charge in [-0.1, -0.05) is 19.1 Å². The second-order valence-corrected chi connectivity index (χ2v) is 3.02. The van der Waals surface area contributed by atoms with Crippen LogP contribution in [0.3, 0.4) is 0 Å². The molecule has 1 atom stereocenters. The van der Waals surface area contributed by atoms with E-state index in [2.05, 4.69) is 12.2 Å². The average molecular weight is 147 g/mol. The maximum Gasteiger partial charge on any atom is 0.0756 e. The van der Waals surface area contributed by atoms with E-state index in [9.17, 15) is 5.11 Å². The van der Waals surface area contributed by atoms with E-state index in [1.54, 1.807) is 6.92 Å². The summed E-state index contributed by atoms with van der Waals surface area (Å²) in [4.78, 5) is 0.377. The van der Waals surface area contributed by atoms with Crippen molar-refractivity contribution in [3.63, 3.8) is 0 Å². The zero-order valence-corrected chi connectivity index (χ0v) is 6.66. The van der Waals surface area contributed by atoms with Gasteiger partial charge in [0.2, 0.25) is 0 Å². The lowest BCUT2D eigenvalue weighted by Gasteiger charge is -2.19. The van der Waals surface area contributed by atoms with Crippen LogP contribution in [-0.2, 0) is 0 Å². The zero-order chi connectivity index (χ0) is 7.49. The molecule has 0 amide bonds. The van der Waals surface area contributed by atoms with Gasteiger partial charge < -0.3 is 10.8 Å². The first-order valence-corrected chi connectivity index (χ1v) is 3.39. The minimum Gasteiger partial charge on any atom is -0.393 e. The largest absolute Gasteiger partial charge is 0.393 e. The highest BCUT2D eigenvalue weighted by atomic mass is 32.1. The lowest BCUT2D eigenvalue weighted by molar-refractivity contribution is 0.0641. The third kappa shape index (κ3) is 4.36. The molecule has 54 valence electrons. The molecule has 3 N–H and O–H groups in total. The lowest BCUT2D eigenvalue weighted by atomic mass is 10.00. The van der Waals surface area contributed by atoms with Crippen LogP contribution in [0.15, 0.2) is 0 Å². The molecule has 0 bridgehead atoms. The summed E-state index contributed by atoms with van der Waals surface area (Å²) in [6.07, 6.45) is 1.10. The molecule has 0 fully saturated rings. The van der Waals surface area contributed by atoms with Gasteiger partial charge in [-0.25, -0.2) is 0 Å². The van der Waals surface area contributed by atoms with Gasteiger partial charge in [-0.05, 0) is 13.3 Å². The Balaban J connectivity index is 3.71. The van der Waals surface area contributed by atoms with Gasteiger partial charge in [0, 0.05) is 6.42 Å². The molecule has 0 aromatic carbocycles. The van der Waals surface area contributed by atoms with Crippen LogP contribution in [-0.4, -0.2) is 15.7 Å². The van der Waals surface area contributed by atoms with Crippen molar-refractivity contribution >= 4 is 17.2 Å². The van der Waals surface area contributed by atoms with Gasteiger partial charge in [-0.3, -0.25) is 0 Å². The molecular formula is C6H13NOS. The van der Waals surface area contributed by atoms with Crippen molar-refractivity contribution < 1.29 is 5.11 Å². The fraction of sp³-hybridized carbons (Fsp3) is 0.833. The highest BCUT2D eigenvalue weighted by molar-refractivity contribution is 7.80. The Morgan fingerprint density at radius 1 is 1.78 bits per heavy atom. The van der Waals surface area contributed by atoms with Crippen molar-refractivity contribution in [2.45, 2.75) is 32.3 Å². The molecule has 9 heavy (non-hydrogen) atoms. The number of aliphatic hydroxyl groups is 1. The van der Waals surface area contributed by atoms with E-state index in [0.29, 0.717) is 17.8 Å². The van der Waals surface area contributed by atoms with Crippen molar-refractivity contribution in [1.29, 1.82) is 0 Å². The number of nitrogens with two attached hydrogens (primary N) is 1. The van der Waals surface area contributed by atoms with Crippen molar-refractivity contribution in [2.24, 2.45) is 5.73 Å². The Morgan fingerprint density at radius 3 is 2.33 bits per heavy atom. The number of rotatable bonds is 3. The van der Waals surface area contributed by atoms with Crippen molar-refractivity contribution in [3.05, 3.63) is 0 Å². The van der Waals surface area contributed by atoms with Crippen molar-refractivity contribution in [1.82, 2.24) is 0 Å². The molecule has 0 aliphatic heterocycles. The summed E-state index contributed by atoms with van der Waals surface area (Å²) in [7, 11) is 0. The third-order valence-electron chi connectivity index (χ3n) is 1.32. The second kappa shape index (κ2) is 3.13. The molecule has 0 aliphatic carbocycles. The fourth-order valence-corrected chi connectivity index (χ4v) is 0.811. The molecule has 2 nitrogen and oxygen atoms in total. The van der Waals surface area contributed by atoms with Crippen LogP contribution in [0.5, 0.6) is 0 Å². The Hall–Kier alpha value is -0.150. The molecule has 0 saturated heterocycles. The third-order valence-corrected chi connectivity index (χ3v) is 1.46. The maximum absolute atomic E-state index is 9.33. The topological polar surface area (TPSA) is 46.2 Å². The van der Waals surface area contributed by atoms with Gasteiger partial charge in [0.05, 0.1) is 10.6 Å². The van der Waals surface area contributed by atoms with Crippen LogP contribution in [0.4, 0.5) is 0 Å². The Bertz CT molecular complexity index is 112. The molecule has 0 saturated carbocycles. The second-order valence-electron chi connectivity index (χ2n) is 2.49. The summed E-state index contributed by atoms with van der Waals surface area (Å²) >= 11 is 4.63. The minimum atomic E-state index is -0.703. The molecule has 0 rings (SSSR count). The average Bonchev–Trinajstić information content (AvgIpc) is 1.63. The minimum absolute atomic E-state index is 0.377. The summed E-state index contributed by atoms with van der Waals surface area (Å²) in [5.74, 6) is 0. The fourth-order valence-electron chi connectivity index (χ4n) is 0.500. The van der Waals surface area contributed by atoms with Crippen LogP contribution in [0.25, 0.3) is 0 Å². The normalized spacial score (nSPS) is 16.8. The molecule has 0 aromatic heterocycles. The molecule has 0 aromatic rings. The molecule has 0 aliphatic rings. The summed E-state index contributed by atoms with van der Waals surface area (Å²) in [5.41, 5.74) is 4.52. The molecule has 0 radical (unpaired) electrons. The number of hydrogen-bond acceptors (Lipinski definition) is 2. The highest BCUT2D eigenvalue weighted by Gasteiger charge is 2.17. The van der Waals surface area contributed by atoms with E-state index in [-0.39, 0.29) is 0 Å². The van der Waals surface area contributed by atoms with Gasteiger partial charge in [0.15, 0.2) is 0 Å². The van der Waals surface area contributed by atoms with Crippen LogP contribution in [0, 0.1) is 0 Å². The smallest absolute Gasteiger partial charge is 0.0756 e. The molecule has 3 heteroatoms. The molecule has 1 unspecified atom stereocenters. The SMILES string of the molecule is CCC(C)(O)CC(N)=S. The van der Waals surface area contributed by atoms with E-state index < -0.39 is 5.60 Å². The maximum atomic E-state index is 9.33. The lowest BCUT2D eigenvalue weighted by Crippen LogP contribution is -2.29. The zero-order valence-electron chi connectivity index (χ0n) is 5.85. The van der Waals surface area contributed by atoms with Gasteiger partial charge in [0.25, 0.3) is 0 Å². The number of thiocarbonyl (C=S) groups is 1. The van der Waals surface area contributed by atoms with Crippen molar-refractivity contribution in [2.75, 3.05) is 0 Å². The number of hydrogen-bond donors (Lipinski definition) is 2. The first kappa shape index (κ1) is 8.85. The van der Waals surface area contributed by atoms with Gasteiger partial charge in [-0.2, -0.15) is 0 Å². The van der Waals surface area contributed by atoms with Crippen LogP contribution >= 0.6 is 12.2 Å². The van der Waals surface area contributed by atoms with E-state index in [1.165, 1.54) is 0 Å². The summed E-state index contributed by atoms with van der Waals surface area (Å²) in [6, 6.07) is 0. The summed E-state index contributed by atoms with van der Waals surface area (Å²) < 4.78 is 0. The van der Waals surface area contributed by atoms with E-state index >= 15 is 0 Å². The summed E-state index contributed by atoms with van der Waals surface area (Å²) in [5, 5.41) is 9.33. The first-order valence-electron chi connectivity index (χ1n) is 2.98. The molecular weight excluding hydrogens is 134 g/mol. The summed E-state index contributed by atoms with van der Waals surface area (Å²) in [6.45, 7) is 3.63. The van der Waals surface area contributed by atoms with E-state index in [0.717, 1.165) is 0 Å². The van der Waals surface area contributed by atoms with Crippen LogP contribution < -0.4 is 5.73 Å².